The Bertz CT molecular complexity index is 193. The van der Waals surface area contributed by atoms with Crippen LogP contribution in [-0.4, -0.2) is 25.4 Å². The minimum atomic E-state index is 0.00366. The van der Waals surface area contributed by atoms with Crippen molar-refractivity contribution in [1.82, 2.24) is 10.6 Å². The number of rotatable bonds is 6. The largest absolute Gasteiger partial charge is 0.359 e. The lowest BCUT2D eigenvalue weighted by molar-refractivity contribution is -0.121. The summed E-state index contributed by atoms with van der Waals surface area (Å²) in [7, 11) is 1.65. The van der Waals surface area contributed by atoms with Crippen LogP contribution in [0.2, 0.25) is 0 Å². The van der Waals surface area contributed by atoms with Gasteiger partial charge in [-0.05, 0) is 18.8 Å². The first-order chi connectivity index (χ1) is 6.56. The second-order valence-electron chi connectivity index (χ2n) is 3.61. The second kappa shape index (κ2) is 7.35. The van der Waals surface area contributed by atoms with Gasteiger partial charge in [-0.1, -0.05) is 6.92 Å². The molecule has 0 bridgehead atoms. The highest BCUT2D eigenvalue weighted by atomic mass is 16.2. The molecule has 0 radical (unpaired) electrons. The lowest BCUT2D eigenvalue weighted by Crippen LogP contribution is -2.23. The zero-order chi connectivity index (χ0) is 11.0. The predicted molar refractivity (Wildman–Crippen MR) is 55.8 cm³/mol. The summed E-state index contributed by atoms with van der Waals surface area (Å²) in [5.74, 6) is 0.463. The van der Waals surface area contributed by atoms with Gasteiger partial charge in [0, 0.05) is 26.9 Å². The molecule has 0 fully saturated rings. The molecule has 0 aromatic rings. The Hall–Kier alpha value is -1.06. The van der Waals surface area contributed by atoms with Crippen molar-refractivity contribution >= 4 is 11.8 Å². The summed E-state index contributed by atoms with van der Waals surface area (Å²) in [6, 6.07) is 0. The summed E-state index contributed by atoms with van der Waals surface area (Å²) in [6.07, 6.45) is 2.46. The summed E-state index contributed by atoms with van der Waals surface area (Å²) in [6.45, 7) is 4.25. The van der Waals surface area contributed by atoms with Crippen LogP contribution in [0.5, 0.6) is 0 Å². The minimum absolute atomic E-state index is 0.00366. The topological polar surface area (TPSA) is 58.2 Å². The van der Waals surface area contributed by atoms with Crippen molar-refractivity contribution in [1.29, 1.82) is 0 Å². The summed E-state index contributed by atoms with van der Waals surface area (Å²) in [5, 5.41) is 5.32. The summed E-state index contributed by atoms with van der Waals surface area (Å²) >= 11 is 0. The van der Waals surface area contributed by atoms with Gasteiger partial charge in [-0.2, -0.15) is 0 Å². The molecule has 0 spiro atoms. The van der Waals surface area contributed by atoms with Gasteiger partial charge in [0.1, 0.15) is 0 Å². The zero-order valence-corrected chi connectivity index (χ0v) is 9.22. The molecule has 14 heavy (non-hydrogen) atoms. The van der Waals surface area contributed by atoms with Crippen molar-refractivity contribution in [3.63, 3.8) is 0 Å². The Labute approximate surface area is 85.4 Å². The Morgan fingerprint density at radius 2 is 2.00 bits per heavy atom. The van der Waals surface area contributed by atoms with Gasteiger partial charge in [0.15, 0.2) is 0 Å². The first-order valence-corrected chi connectivity index (χ1v) is 5.01. The van der Waals surface area contributed by atoms with Gasteiger partial charge in [0.2, 0.25) is 11.8 Å². The fourth-order valence-electron chi connectivity index (χ4n) is 1.24. The van der Waals surface area contributed by atoms with Gasteiger partial charge in [0.05, 0.1) is 0 Å². The van der Waals surface area contributed by atoms with Crippen LogP contribution < -0.4 is 10.6 Å². The molecule has 0 aliphatic rings. The van der Waals surface area contributed by atoms with Gasteiger partial charge in [-0.15, -0.1) is 0 Å². The van der Waals surface area contributed by atoms with Gasteiger partial charge < -0.3 is 10.6 Å². The maximum absolute atomic E-state index is 11.0. The van der Waals surface area contributed by atoms with E-state index in [4.69, 9.17) is 0 Å². The zero-order valence-electron chi connectivity index (χ0n) is 9.22. The van der Waals surface area contributed by atoms with Crippen LogP contribution in [0.4, 0.5) is 0 Å². The molecule has 4 nitrogen and oxygen atoms in total. The SMILES string of the molecule is CNC(=O)CC(C)CCCNC(C)=O. The van der Waals surface area contributed by atoms with Crippen molar-refractivity contribution in [2.45, 2.75) is 33.1 Å². The highest BCUT2D eigenvalue weighted by Crippen LogP contribution is 2.09. The fraction of sp³-hybridized carbons (Fsp3) is 0.800. The molecule has 2 N–H and O–H groups in total. The van der Waals surface area contributed by atoms with Crippen molar-refractivity contribution in [2.75, 3.05) is 13.6 Å². The maximum atomic E-state index is 11.0. The van der Waals surface area contributed by atoms with Gasteiger partial charge in [-0.25, -0.2) is 0 Å². The molecule has 0 saturated heterocycles. The third-order valence-electron chi connectivity index (χ3n) is 2.06. The van der Waals surface area contributed by atoms with E-state index in [2.05, 4.69) is 10.6 Å². The van der Waals surface area contributed by atoms with E-state index < -0.39 is 0 Å². The number of hydrogen-bond acceptors (Lipinski definition) is 2. The molecular weight excluding hydrogens is 180 g/mol. The lowest BCUT2D eigenvalue weighted by atomic mass is 10.0. The van der Waals surface area contributed by atoms with Crippen LogP contribution in [0.25, 0.3) is 0 Å². The summed E-state index contributed by atoms with van der Waals surface area (Å²) < 4.78 is 0. The fourth-order valence-corrected chi connectivity index (χ4v) is 1.24. The van der Waals surface area contributed by atoms with Crippen LogP contribution in [-0.2, 0) is 9.59 Å². The van der Waals surface area contributed by atoms with Crippen LogP contribution >= 0.6 is 0 Å². The standard InChI is InChI=1S/C10H20N2O2/c1-8(7-10(14)11-3)5-4-6-12-9(2)13/h8H,4-7H2,1-3H3,(H,11,14)(H,12,13). The third-order valence-corrected chi connectivity index (χ3v) is 2.06. The van der Waals surface area contributed by atoms with E-state index in [0.717, 1.165) is 12.8 Å². The molecular formula is C10H20N2O2. The second-order valence-corrected chi connectivity index (χ2v) is 3.61. The quantitative estimate of drug-likeness (QED) is 0.619. The van der Waals surface area contributed by atoms with Gasteiger partial charge >= 0.3 is 0 Å². The van der Waals surface area contributed by atoms with Crippen LogP contribution in [0.3, 0.4) is 0 Å². The van der Waals surface area contributed by atoms with Crippen LogP contribution in [0.1, 0.15) is 33.1 Å². The lowest BCUT2D eigenvalue weighted by Gasteiger charge is -2.09. The monoisotopic (exact) mass is 200 g/mol. The number of nitrogens with one attached hydrogen (secondary N) is 2. The molecule has 0 aliphatic carbocycles. The normalized spacial score (nSPS) is 11.9. The first-order valence-electron chi connectivity index (χ1n) is 5.01. The van der Waals surface area contributed by atoms with Crippen molar-refractivity contribution in [2.24, 2.45) is 5.92 Å². The number of hydrogen-bond donors (Lipinski definition) is 2. The highest BCUT2D eigenvalue weighted by molar-refractivity contribution is 5.75. The molecule has 0 aliphatic heterocycles. The minimum Gasteiger partial charge on any atom is -0.359 e. The Morgan fingerprint density at radius 1 is 1.36 bits per heavy atom. The highest BCUT2D eigenvalue weighted by Gasteiger charge is 2.06. The molecule has 0 aromatic carbocycles. The van der Waals surface area contributed by atoms with E-state index in [0.29, 0.717) is 18.9 Å². The van der Waals surface area contributed by atoms with Crippen LogP contribution in [0, 0.1) is 5.92 Å². The summed E-state index contributed by atoms with van der Waals surface area (Å²) in [4.78, 5) is 21.5. The molecule has 4 heteroatoms. The van der Waals surface area contributed by atoms with Crippen molar-refractivity contribution in [3.8, 4) is 0 Å². The average molecular weight is 200 g/mol. The van der Waals surface area contributed by atoms with Crippen LogP contribution in [0.15, 0.2) is 0 Å². The molecule has 0 rings (SSSR count). The van der Waals surface area contributed by atoms with E-state index in [1.807, 2.05) is 6.92 Å². The number of amides is 2. The molecule has 2 amide bonds. The van der Waals surface area contributed by atoms with E-state index in [-0.39, 0.29) is 11.8 Å². The molecule has 0 saturated carbocycles. The molecule has 82 valence electrons. The number of carbonyl (C=O) groups is 2. The smallest absolute Gasteiger partial charge is 0.220 e. The molecule has 0 heterocycles. The number of carbonyl (C=O) groups excluding carboxylic acids is 2. The van der Waals surface area contributed by atoms with Crippen molar-refractivity contribution in [3.05, 3.63) is 0 Å². The molecule has 1 atom stereocenters. The first kappa shape index (κ1) is 12.9. The van der Waals surface area contributed by atoms with E-state index >= 15 is 0 Å². The van der Waals surface area contributed by atoms with E-state index in [1.54, 1.807) is 7.05 Å². The third kappa shape index (κ3) is 7.58. The molecule has 1 unspecified atom stereocenters. The van der Waals surface area contributed by atoms with Gasteiger partial charge in [-0.3, -0.25) is 9.59 Å². The van der Waals surface area contributed by atoms with E-state index in [1.165, 1.54) is 6.92 Å². The average Bonchev–Trinajstić information content (AvgIpc) is 2.12. The summed E-state index contributed by atoms with van der Waals surface area (Å²) in [5.41, 5.74) is 0. The Kier molecular flexibility index (Phi) is 6.80. The Balaban J connectivity index is 3.39. The molecule has 0 aromatic heterocycles. The van der Waals surface area contributed by atoms with Gasteiger partial charge in [0.25, 0.3) is 0 Å². The Morgan fingerprint density at radius 3 is 2.50 bits per heavy atom. The van der Waals surface area contributed by atoms with E-state index in [9.17, 15) is 9.59 Å². The maximum Gasteiger partial charge on any atom is 0.220 e. The van der Waals surface area contributed by atoms with Crippen molar-refractivity contribution < 1.29 is 9.59 Å². The predicted octanol–water partition coefficient (Wildman–Crippen LogP) is 0.675.